The van der Waals surface area contributed by atoms with E-state index in [9.17, 15) is 9.18 Å². The lowest BCUT2D eigenvalue weighted by Crippen LogP contribution is -2.28. The van der Waals surface area contributed by atoms with Gasteiger partial charge in [-0.1, -0.05) is 29.5 Å². The first-order valence-corrected chi connectivity index (χ1v) is 7.46. The van der Waals surface area contributed by atoms with Gasteiger partial charge < -0.3 is 0 Å². The third kappa shape index (κ3) is 3.15. The van der Waals surface area contributed by atoms with Crippen molar-refractivity contribution in [3.05, 3.63) is 59.9 Å². The van der Waals surface area contributed by atoms with Gasteiger partial charge in [-0.15, -0.1) is 5.10 Å². The highest BCUT2D eigenvalue weighted by Gasteiger charge is 2.18. The van der Waals surface area contributed by atoms with Gasteiger partial charge in [-0.05, 0) is 43.7 Å². The van der Waals surface area contributed by atoms with E-state index in [2.05, 4.69) is 20.8 Å². The Kier molecular flexibility index (Phi) is 4.33. The number of carbonyl (C=O) groups excluding carboxylic acids is 1. The van der Waals surface area contributed by atoms with Crippen molar-refractivity contribution < 1.29 is 9.18 Å². The fourth-order valence-corrected chi connectivity index (χ4v) is 2.27. The first-order chi connectivity index (χ1) is 11.6. The van der Waals surface area contributed by atoms with Crippen molar-refractivity contribution in [2.75, 3.05) is 0 Å². The molecule has 7 heteroatoms. The number of hydrazone groups is 1. The molecule has 1 heterocycles. The lowest BCUT2D eigenvalue weighted by Gasteiger charge is -2.11. The number of hydrogen-bond acceptors (Lipinski definition) is 4. The minimum absolute atomic E-state index is 0.313. The summed E-state index contributed by atoms with van der Waals surface area (Å²) in [5.41, 5.74) is 5.33. The SMILES string of the molecule is CC(=NNC(=O)[C@H](C)n1nnc2ccccc21)c1ccc(F)cc1. The molecule has 122 valence electrons. The highest BCUT2D eigenvalue weighted by atomic mass is 19.1. The van der Waals surface area contributed by atoms with Crippen molar-refractivity contribution in [1.29, 1.82) is 0 Å². The van der Waals surface area contributed by atoms with Gasteiger partial charge in [-0.2, -0.15) is 5.10 Å². The second kappa shape index (κ2) is 6.57. The van der Waals surface area contributed by atoms with Crippen LogP contribution in [0.3, 0.4) is 0 Å². The van der Waals surface area contributed by atoms with Gasteiger partial charge in [0.2, 0.25) is 0 Å². The van der Waals surface area contributed by atoms with Crippen molar-refractivity contribution in [3.8, 4) is 0 Å². The Labute approximate surface area is 138 Å². The number of carbonyl (C=O) groups is 1. The van der Waals surface area contributed by atoms with Gasteiger partial charge in [-0.25, -0.2) is 14.5 Å². The standard InChI is InChI=1S/C17H16FN5O/c1-11(13-7-9-14(18)10-8-13)19-21-17(24)12(2)23-16-6-4-3-5-15(16)20-22-23/h3-10,12H,1-2H3,(H,21,24)/t12-/m0/s1. The Morgan fingerprint density at radius 2 is 1.92 bits per heavy atom. The highest BCUT2D eigenvalue weighted by molar-refractivity contribution is 5.99. The van der Waals surface area contributed by atoms with E-state index in [0.29, 0.717) is 5.71 Å². The van der Waals surface area contributed by atoms with E-state index >= 15 is 0 Å². The molecule has 6 nitrogen and oxygen atoms in total. The number of hydrogen-bond donors (Lipinski definition) is 1. The first kappa shape index (κ1) is 15.8. The molecule has 0 saturated heterocycles. The van der Waals surface area contributed by atoms with Crippen LogP contribution in [0.4, 0.5) is 4.39 Å². The van der Waals surface area contributed by atoms with Crippen LogP contribution < -0.4 is 5.43 Å². The third-order valence-corrected chi connectivity index (χ3v) is 3.72. The van der Waals surface area contributed by atoms with Crippen molar-refractivity contribution in [2.24, 2.45) is 5.10 Å². The Bertz CT molecular complexity index is 901. The van der Waals surface area contributed by atoms with E-state index in [1.165, 1.54) is 12.1 Å². The molecule has 0 aliphatic carbocycles. The summed E-state index contributed by atoms with van der Waals surface area (Å²) in [4.78, 5) is 12.3. The molecule has 0 spiro atoms. The fraction of sp³-hybridized carbons (Fsp3) is 0.176. The molecule has 0 aliphatic rings. The Morgan fingerprint density at radius 3 is 2.67 bits per heavy atom. The maximum atomic E-state index is 12.9. The van der Waals surface area contributed by atoms with Gasteiger partial charge in [0, 0.05) is 0 Å². The molecule has 0 unspecified atom stereocenters. The van der Waals surface area contributed by atoms with Crippen LogP contribution in [0.25, 0.3) is 11.0 Å². The van der Waals surface area contributed by atoms with Gasteiger partial charge in [0.15, 0.2) is 0 Å². The molecule has 0 aliphatic heterocycles. The number of halogens is 1. The maximum absolute atomic E-state index is 12.9. The minimum Gasteiger partial charge on any atom is -0.271 e. The summed E-state index contributed by atoms with van der Waals surface area (Å²) in [6, 6.07) is 12.8. The van der Waals surface area contributed by atoms with Gasteiger partial charge in [0.1, 0.15) is 17.4 Å². The van der Waals surface area contributed by atoms with Crippen LogP contribution in [0.2, 0.25) is 0 Å². The lowest BCUT2D eigenvalue weighted by molar-refractivity contribution is -0.124. The van der Waals surface area contributed by atoms with Crippen molar-refractivity contribution in [2.45, 2.75) is 19.9 Å². The van der Waals surface area contributed by atoms with Crippen LogP contribution in [0, 0.1) is 5.82 Å². The highest BCUT2D eigenvalue weighted by Crippen LogP contribution is 2.15. The summed E-state index contributed by atoms with van der Waals surface area (Å²) in [5, 5.41) is 12.1. The number of fused-ring (bicyclic) bond motifs is 1. The normalized spacial score (nSPS) is 13.0. The topological polar surface area (TPSA) is 72.2 Å². The van der Waals surface area contributed by atoms with Gasteiger partial charge >= 0.3 is 0 Å². The molecule has 1 aromatic heterocycles. The molecular weight excluding hydrogens is 309 g/mol. The zero-order chi connectivity index (χ0) is 17.1. The fourth-order valence-electron chi connectivity index (χ4n) is 2.27. The zero-order valence-electron chi connectivity index (χ0n) is 13.3. The van der Waals surface area contributed by atoms with E-state index in [4.69, 9.17) is 0 Å². The monoisotopic (exact) mass is 325 g/mol. The number of nitrogens with zero attached hydrogens (tertiary/aromatic N) is 4. The molecule has 0 radical (unpaired) electrons. The lowest BCUT2D eigenvalue weighted by atomic mass is 10.1. The summed E-state index contributed by atoms with van der Waals surface area (Å²) >= 11 is 0. The second-order valence-corrected chi connectivity index (χ2v) is 5.38. The molecular formula is C17H16FN5O. The molecule has 0 fully saturated rings. The van der Waals surface area contributed by atoms with E-state index < -0.39 is 6.04 Å². The smallest absolute Gasteiger partial charge is 0.264 e. The first-order valence-electron chi connectivity index (χ1n) is 7.46. The predicted octanol–water partition coefficient (Wildman–Crippen LogP) is 2.67. The van der Waals surface area contributed by atoms with Crippen LogP contribution in [-0.2, 0) is 4.79 Å². The van der Waals surface area contributed by atoms with E-state index in [1.807, 2.05) is 24.3 Å². The quantitative estimate of drug-likeness (QED) is 0.592. The molecule has 2 aromatic carbocycles. The third-order valence-electron chi connectivity index (χ3n) is 3.72. The Morgan fingerprint density at radius 1 is 1.21 bits per heavy atom. The van der Waals surface area contributed by atoms with Gasteiger partial charge in [0.25, 0.3) is 5.91 Å². The summed E-state index contributed by atoms with van der Waals surface area (Å²) in [7, 11) is 0. The van der Waals surface area contributed by atoms with Gasteiger partial charge in [-0.3, -0.25) is 4.79 Å². The Balaban J connectivity index is 1.74. The number of amides is 1. The van der Waals surface area contributed by atoms with Crippen LogP contribution in [0.5, 0.6) is 0 Å². The summed E-state index contributed by atoms with van der Waals surface area (Å²) in [6.45, 7) is 3.46. The summed E-state index contributed by atoms with van der Waals surface area (Å²) in [6.07, 6.45) is 0. The average molecular weight is 325 g/mol. The van der Waals surface area contributed by atoms with Crippen LogP contribution in [-0.4, -0.2) is 26.6 Å². The molecule has 0 saturated carbocycles. The molecule has 1 atom stereocenters. The van der Waals surface area contributed by atoms with Crippen LogP contribution in [0.15, 0.2) is 53.6 Å². The van der Waals surface area contributed by atoms with E-state index in [0.717, 1.165) is 16.6 Å². The minimum atomic E-state index is -0.567. The number of aromatic nitrogens is 3. The van der Waals surface area contributed by atoms with Crippen LogP contribution >= 0.6 is 0 Å². The zero-order valence-corrected chi connectivity index (χ0v) is 13.3. The second-order valence-electron chi connectivity index (χ2n) is 5.38. The molecule has 1 N–H and O–H groups in total. The average Bonchev–Trinajstić information content (AvgIpc) is 3.03. The molecule has 0 bridgehead atoms. The van der Waals surface area contributed by atoms with Gasteiger partial charge in [0.05, 0.1) is 11.2 Å². The maximum Gasteiger partial charge on any atom is 0.264 e. The number of benzene rings is 2. The van der Waals surface area contributed by atoms with E-state index in [-0.39, 0.29) is 11.7 Å². The Hall–Kier alpha value is -3.09. The number of para-hydroxylation sites is 1. The van der Waals surface area contributed by atoms with E-state index in [1.54, 1.807) is 30.7 Å². The molecule has 24 heavy (non-hydrogen) atoms. The number of nitrogens with one attached hydrogen (secondary N) is 1. The predicted molar refractivity (Wildman–Crippen MR) is 89.0 cm³/mol. The molecule has 3 aromatic rings. The van der Waals surface area contributed by atoms with Crippen LogP contribution in [0.1, 0.15) is 25.5 Å². The molecule has 1 amide bonds. The van der Waals surface area contributed by atoms with Crippen molar-refractivity contribution >= 4 is 22.7 Å². The molecule has 3 rings (SSSR count). The largest absolute Gasteiger partial charge is 0.271 e. The van der Waals surface area contributed by atoms with Crippen molar-refractivity contribution in [3.63, 3.8) is 0 Å². The summed E-state index contributed by atoms with van der Waals surface area (Å²) < 4.78 is 14.5. The summed E-state index contributed by atoms with van der Waals surface area (Å²) in [5.74, 6) is -0.630. The number of rotatable bonds is 4. The van der Waals surface area contributed by atoms with Crippen molar-refractivity contribution in [1.82, 2.24) is 20.4 Å².